The first-order chi connectivity index (χ1) is 44.1. The van der Waals surface area contributed by atoms with Crippen LogP contribution in [0.5, 0.6) is 0 Å². The molecule has 426 valence electrons. The monoisotopic (exact) mass is 1150 g/mol. The molecule has 14 aromatic rings. The van der Waals surface area contributed by atoms with E-state index in [2.05, 4.69) is 276 Å². The van der Waals surface area contributed by atoms with Crippen molar-refractivity contribution in [2.75, 3.05) is 0 Å². The minimum absolute atomic E-state index is 0.0569. The molecule has 0 bridgehead atoms. The molecule has 0 aliphatic heterocycles. The normalized spacial score (nSPS) is 13.1. The molecule has 16 rings (SSSR count). The van der Waals surface area contributed by atoms with Crippen molar-refractivity contribution < 1.29 is 0 Å². The molecule has 2 aliphatic carbocycles. The maximum absolute atomic E-state index is 5.00. The van der Waals surface area contributed by atoms with Crippen LogP contribution in [0.15, 0.2) is 280 Å². The molecule has 90 heavy (non-hydrogen) atoms. The van der Waals surface area contributed by atoms with Crippen molar-refractivity contribution >= 4 is 0 Å². The highest BCUT2D eigenvalue weighted by atomic mass is 14.8. The number of hydrogen-bond acceptors (Lipinski definition) is 8. The van der Waals surface area contributed by atoms with Gasteiger partial charge in [0.2, 0.25) is 0 Å². The van der Waals surface area contributed by atoms with Crippen molar-refractivity contribution in [2.24, 2.45) is 0 Å². The van der Waals surface area contributed by atoms with Crippen LogP contribution < -0.4 is 0 Å². The lowest BCUT2D eigenvalue weighted by molar-refractivity contribution is 0.660. The van der Waals surface area contributed by atoms with E-state index in [1.54, 1.807) is 43.9 Å². The van der Waals surface area contributed by atoms with Crippen LogP contribution in [0.2, 0.25) is 0 Å². The van der Waals surface area contributed by atoms with E-state index in [-0.39, 0.29) is 10.8 Å². The van der Waals surface area contributed by atoms with Crippen LogP contribution in [-0.4, -0.2) is 39.9 Å². The molecular formula is C82H58N8. The lowest BCUT2D eigenvalue weighted by Crippen LogP contribution is -2.15. The van der Waals surface area contributed by atoms with E-state index in [0.717, 1.165) is 112 Å². The lowest BCUT2D eigenvalue weighted by Gasteiger charge is -2.22. The average Bonchev–Trinajstić information content (AvgIpc) is 1.59. The Labute approximate surface area is 523 Å². The summed E-state index contributed by atoms with van der Waals surface area (Å²) < 4.78 is 0. The first-order valence-corrected chi connectivity index (χ1v) is 30.4. The fourth-order valence-corrected chi connectivity index (χ4v) is 13.7. The Balaban J connectivity index is 0.721. The number of nitrogens with zero attached hydrogens (tertiary/aromatic N) is 8. The summed E-state index contributed by atoms with van der Waals surface area (Å²) >= 11 is 0. The SMILES string of the molecule is CC1(C)c2ccccc2-c2cc(-c3cccc(-c4cc(-c5cccc(-c6ccncn6)c5)cc(-c5cc(-c6ccc7c(c6)C(C)(C)c6ccc(-c8ccc(-c9cc(-c%10cccc(-c%11ccncn%11)c%10)cc(-c%10ccncn%10)c9)cc8)cc6-7)ncn5)c4)c3)ccc21. The third-order valence-corrected chi connectivity index (χ3v) is 18.5. The molecule has 0 atom stereocenters. The molecule has 0 saturated heterocycles. The molecule has 0 unspecified atom stereocenters. The second kappa shape index (κ2) is 21.7. The van der Waals surface area contributed by atoms with Crippen LogP contribution in [0, 0.1) is 0 Å². The van der Waals surface area contributed by atoms with Crippen LogP contribution in [0.25, 0.3) is 145 Å². The van der Waals surface area contributed by atoms with E-state index < -0.39 is 0 Å². The van der Waals surface area contributed by atoms with Gasteiger partial charge in [0, 0.05) is 57.2 Å². The zero-order chi connectivity index (χ0) is 60.5. The van der Waals surface area contributed by atoms with E-state index in [1.807, 2.05) is 18.2 Å². The Morgan fingerprint density at radius 3 is 1.07 bits per heavy atom. The van der Waals surface area contributed by atoms with Gasteiger partial charge in [-0.1, -0.05) is 167 Å². The Morgan fingerprint density at radius 1 is 0.200 bits per heavy atom. The number of aromatic nitrogens is 8. The Bertz CT molecular complexity index is 5120. The first kappa shape index (κ1) is 54.0. The molecule has 8 heteroatoms. The second-order valence-electron chi connectivity index (χ2n) is 24.6. The highest BCUT2D eigenvalue weighted by Gasteiger charge is 2.37. The minimum atomic E-state index is -0.251. The van der Waals surface area contributed by atoms with Crippen LogP contribution in [0.4, 0.5) is 0 Å². The zero-order valence-electron chi connectivity index (χ0n) is 50.1. The molecule has 2 aliphatic rings. The van der Waals surface area contributed by atoms with Gasteiger partial charge in [0.1, 0.15) is 25.3 Å². The molecule has 4 heterocycles. The van der Waals surface area contributed by atoms with Gasteiger partial charge in [-0.05, 0) is 208 Å². The smallest absolute Gasteiger partial charge is 0.116 e. The molecule has 0 fully saturated rings. The summed E-state index contributed by atoms with van der Waals surface area (Å²) in [5.74, 6) is 0. The van der Waals surface area contributed by atoms with Gasteiger partial charge in [0.05, 0.1) is 28.5 Å². The van der Waals surface area contributed by atoms with Gasteiger partial charge in [0.15, 0.2) is 0 Å². The van der Waals surface area contributed by atoms with E-state index in [9.17, 15) is 0 Å². The summed E-state index contributed by atoms with van der Waals surface area (Å²) in [5, 5.41) is 0. The quantitative estimate of drug-likeness (QED) is 0.126. The van der Waals surface area contributed by atoms with Crippen LogP contribution in [-0.2, 0) is 10.8 Å². The first-order valence-electron chi connectivity index (χ1n) is 30.4. The lowest BCUT2D eigenvalue weighted by atomic mass is 9.81. The fraction of sp³-hybridized carbons (Fsp3) is 0.0732. The van der Waals surface area contributed by atoms with Crippen molar-refractivity contribution in [3.8, 4) is 145 Å². The topological polar surface area (TPSA) is 103 Å². The van der Waals surface area contributed by atoms with Crippen molar-refractivity contribution in [2.45, 2.75) is 38.5 Å². The van der Waals surface area contributed by atoms with Gasteiger partial charge in [-0.3, -0.25) is 0 Å². The Hall–Kier alpha value is -11.5. The summed E-state index contributed by atoms with van der Waals surface area (Å²) in [4.78, 5) is 36.2. The van der Waals surface area contributed by atoms with Crippen LogP contribution in [0.3, 0.4) is 0 Å². The number of benzene rings is 10. The van der Waals surface area contributed by atoms with Gasteiger partial charge in [-0.15, -0.1) is 0 Å². The predicted octanol–water partition coefficient (Wildman–Crippen LogP) is 19.8. The van der Waals surface area contributed by atoms with Crippen molar-refractivity contribution in [1.29, 1.82) is 0 Å². The fourth-order valence-electron chi connectivity index (χ4n) is 13.7. The number of hydrogen-bond donors (Lipinski definition) is 0. The summed E-state index contributed by atoms with van der Waals surface area (Å²) in [5.41, 5.74) is 33.0. The standard InChI is InChI=1S/C82H58N8/c1-81(2)72-17-6-5-16-68(72)70-44-58(24-27-73(70)81)53-10-7-11-54(34-53)64-38-65(56-13-9-15-60(36-56)77-29-32-84-48-87-77)42-67(41-64)80-46-79(89-50-90-80)61-22-25-69-71-43-57(23-26-74(71)82(3,4)75(69)45-61)51-18-20-52(21-19-51)62-37-63(40-66(39-62)78-30-33-85-49-88-78)55-12-8-14-59(35-55)76-28-31-83-47-86-76/h5-50H,1-4H3. The zero-order valence-corrected chi connectivity index (χ0v) is 50.1. The molecule has 0 radical (unpaired) electrons. The van der Waals surface area contributed by atoms with E-state index in [0.29, 0.717) is 0 Å². The average molecular weight is 1160 g/mol. The highest BCUT2D eigenvalue weighted by Crippen LogP contribution is 2.52. The van der Waals surface area contributed by atoms with E-state index in [1.165, 1.54) is 55.6 Å². The van der Waals surface area contributed by atoms with Crippen molar-refractivity contribution in [3.05, 3.63) is 303 Å². The summed E-state index contributed by atoms with van der Waals surface area (Å²) in [6, 6.07) is 86.1. The van der Waals surface area contributed by atoms with Gasteiger partial charge >= 0.3 is 0 Å². The van der Waals surface area contributed by atoms with Gasteiger partial charge < -0.3 is 0 Å². The Kier molecular flexibility index (Phi) is 13.0. The third-order valence-electron chi connectivity index (χ3n) is 18.5. The summed E-state index contributed by atoms with van der Waals surface area (Å²) in [6.07, 6.45) is 11.9. The second-order valence-corrected chi connectivity index (χ2v) is 24.6. The molecule has 0 saturated carbocycles. The molecule has 0 amide bonds. The largest absolute Gasteiger partial charge is 0.245 e. The predicted molar refractivity (Wildman–Crippen MR) is 364 cm³/mol. The highest BCUT2D eigenvalue weighted by molar-refractivity contribution is 5.90. The minimum Gasteiger partial charge on any atom is -0.245 e. The maximum atomic E-state index is 5.00. The molecule has 10 aromatic carbocycles. The van der Waals surface area contributed by atoms with Crippen molar-refractivity contribution in [1.82, 2.24) is 39.9 Å². The number of rotatable bonds is 11. The molecule has 8 nitrogen and oxygen atoms in total. The van der Waals surface area contributed by atoms with Gasteiger partial charge in [-0.25, -0.2) is 39.9 Å². The van der Waals surface area contributed by atoms with Gasteiger partial charge in [-0.2, -0.15) is 0 Å². The third kappa shape index (κ3) is 9.66. The molecule has 0 spiro atoms. The maximum Gasteiger partial charge on any atom is 0.116 e. The molecular weight excluding hydrogens is 1100 g/mol. The van der Waals surface area contributed by atoms with Crippen LogP contribution in [0.1, 0.15) is 49.9 Å². The summed E-state index contributed by atoms with van der Waals surface area (Å²) in [7, 11) is 0. The van der Waals surface area contributed by atoms with E-state index in [4.69, 9.17) is 9.97 Å². The van der Waals surface area contributed by atoms with E-state index >= 15 is 0 Å². The molecule has 0 N–H and O–H groups in total. The molecule has 4 aromatic heterocycles. The van der Waals surface area contributed by atoms with Crippen molar-refractivity contribution in [3.63, 3.8) is 0 Å². The number of fused-ring (bicyclic) bond motifs is 6. The Morgan fingerprint density at radius 2 is 0.533 bits per heavy atom. The summed E-state index contributed by atoms with van der Waals surface area (Å²) in [6.45, 7) is 9.34. The van der Waals surface area contributed by atoms with Gasteiger partial charge in [0.25, 0.3) is 0 Å². The van der Waals surface area contributed by atoms with Crippen LogP contribution >= 0.6 is 0 Å².